The van der Waals surface area contributed by atoms with Crippen molar-refractivity contribution in [2.45, 2.75) is 18.7 Å². The van der Waals surface area contributed by atoms with Crippen molar-refractivity contribution < 1.29 is 29.0 Å². The first-order valence-electron chi connectivity index (χ1n) is 7.86. The molecule has 0 aliphatic heterocycles. The summed E-state index contributed by atoms with van der Waals surface area (Å²) in [7, 11) is 0. The van der Waals surface area contributed by atoms with Crippen LogP contribution in [0.3, 0.4) is 0 Å². The Bertz CT molecular complexity index is 816. The summed E-state index contributed by atoms with van der Waals surface area (Å²) in [6.45, 7) is 1.80. The molecule has 1 amide bonds. The van der Waals surface area contributed by atoms with Crippen LogP contribution in [0.5, 0.6) is 0 Å². The molecule has 1 heterocycles. The van der Waals surface area contributed by atoms with Gasteiger partial charge in [0.1, 0.15) is 12.2 Å². The fourth-order valence-corrected chi connectivity index (χ4v) is 2.41. The zero-order valence-corrected chi connectivity index (χ0v) is 15.2. The molecule has 2 N–H and O–H groups in total. The van der Waals surface area contributed by atoms with Crippen LogP contribution < -0.4 is 5.32 Å². The molecule has 9 nitrogen and oxygen atoms in total. The van der Waals surface area contributed by atoms with Gasteiger partial charge in [-0.05, 0) is 12.5 Å². The number of anilines is 1. The van der Waals surface area contributed by atoms with E-state index in [1.807, 2.05) is 18.2 Å². The van der Waals surface area contributed by atoms with Crippen LogP contribution in [-0.4, -0.2) is 45.5 Å². The lowest BCUT2D eigenvalue weighted by Gasteiger charge is -2.11. The third kappa shape index (κ3) is 6.59. The van der Waals surface area contributed by atoms with Gasteiger partial charge in [0.15, 0.2) is 11.0 Å². The Labute approximate surface area is 159 Å². The number of nitrogens with one attached hydrogen (secondary N) is 1. The van der Waals surface area contributed by atoms with Crippen LogP contribution in [0.15, 0.2) is 41.7 Å². The molecule has 10 heteroatoms. The van der Waals surface area contributed by atoms with Crippen molar-refractivity contribution in [2.75, 3.05) is 17.7 Å². The minimum absolute atomic E-state index is 0.0348. The topological polar surface area (TPSA) is 128 Å². The Morgan fingerprint density at radius 1 is 1.19 bits per heavy atom. The van der Waals surface area contributed by atoms with Gasteiger partial charge in [-0.3, -0.25) is 10.1 Å². The van der Waals surface area contributed by atoms with E-state index in [0.29, 0.717) is 0 Å². The first-order chi connectivity index (χ1) is 13.0. The molecule has 2 rings (SSSR count). The molecule has 0 atom stereocenters. The van der Waals surface area contributed by atoms with Crippen molar-refractivity contribution in [3.05, 3.63) is 47.7 Å². The first-order valence-corrected chi connectivity index (χ1v) is 8.84. The van der Waals surface area contributed by atoms with Gasteiger partial charge in [-0.25, -0.2) is 19.6 Å². The smallest absolute Gasteiger partial charge is 0.413 e. The molecule has 1 aromatic carbocycles. The molecule has 0 saturated carbocycles. The largest absolute Gasteiger partial charge is 0.481 e. The van der Waals surface area contributed by atoms with E-state index in [1.165, 1.54) is 6.20 Å². The normalized spacial score (nSPS) is 10.1. The summed E-state index contributed by atoms with van der Waals surface area (Å²) in [4.78, 5) is 42.7. The van der Waals surface area contributed by atoms with Crippen LogP contribution in [0.25, 0.3) is 0 Å². The number of thioether (sulfide) groups is 1. The number of benzene rings is 1. The summed E-state index contributed by atoms with van der Waals surface area (Å²) in [6.07, 6.45) is 0.347. The Hall–Kier alpha value is -3.14. The maximum absolute atomic E-state index is 12.0. The Balaban J connectivity index is 2.12. The molecule has 142 valence electrons. The van der Waals surface area contributed by atoms with Crippen molar-refractivity contribution in [1.29, 1.82) is 0 Å². The second-order valence-electron chi connectivity index (χ2n) is 5.00. The summed E-state index contributed by atoms with van der Waals surface area (Å²) < 4.78 is 10.0. The number of amides is 1. The lowest BCUT2D eigenvalue weighted by molar-refractivity contribution is -0.133. The lowest BCUT2D eigenvalue weighted by atomic mass is 10.2. The van der Waals surface area contributed by atoms with Crippen LogP contribution in [0.1, 0.15) is 22.8 Å². The van der Waals surface area contributed by atoms with Gasteiger partial charge in [-0.15, -0.1) is 0 Å². The number of aliphatic carboxylic acids is 1. The van der Waals surface area contributed by atoms with E-state index in [1.54, 1.807) is 19.1 Å². The second-order valence-corrected chi connectivity index (χ2v) is 5.95. The third-order valence-electron chi connectivity index (χ3n) is 3.02. The first kappa shape index (κ1) is 20.2. The van der Waals surface area contributed by atoms with Crippen LogP contribution in [0.4, 0.5) is 10.6 Å². The molecule has 0 radical (unpaired) electrons. The average molecular weight is 391 g/mol. The monoisotopic (exact) mass is 391 g/mol. The maximum Gasteiger partial charge on any atom is 0.413 e. The number of esters is 1. The fraction of sp³-hybridized carbons (Fsp3) is 0.235. The number of aromatic nitrogens is 2. The van der Waals surface area contributed by atoms with Gasteiger partial charge in [-0.1, -0.05) is 42.1 Å². The van der Waals surface area contributed by atoms with E-state index in [-0.39, 0.29) is 35.5 Å². The summed E-state index contributed by atoms with van der Waals surface area (Å²) in [5.41, 5.74) is 0.729. The van der Waals surface area contributed by atoms with Crippen LogP contribution >= 0.6 is 11.8 Å². The predicted molar refractivity (Wildman–Crippen MR) is 96.6 cm³/mol. The lowest BCUT2D eigenvalue weighted by Crippen LogP contribution is -2.19. The molecular weight excluding hydrogens is 374 g/mol. The summed E-state index contributed by atoms with van der Waals surface area (Å²) >= 11 is 0.848. The summed E-state index contributed by atoms with van der Waals surface area (Å²) in [6, 6.07) is 9.05. The van der Waals surface area contributed by atoms with Gasteiger partial charge in [0.05, 0.1) is 12.4 Å². The Morgan fingerprint density at radius 3 is 2.59 bits per heavy atom. The van der Waals surface area contributed by atoms with Crippen LogP contribution in [0, 0.1) is 0 Å². The second kappa shape index (κ2) is 10.1. The van der Waals surface area contributed by atoms with E-state index >= 15 is 0 Å². The molecule has 0 aliphatic carbocycles. The van der Waals surface area contributed by atoms with Gasteiger partial charge in [0.2, 0.25) is 0 Å². The molecule has 1 aromatic heterocycles. The highest BCUT2D eigenvalue weighted by molar-refractivity contribution is 7.99. The maximum atomic E-state index is 12.0. The molecular formula is C17H17N3O6S. The Morgan fingerprint density at radius 2 is 1.93 bits per heavy atom. The number of carbonyl (C=O) groups is 3. The molecule has 0 fully saturated rings. The van der Waals surface area contributed by atoms with E-state index in [9.17, 15) is 14.4 Å². The van der Waals surface area contributed by atoms with Crippen LogP contribution in [-0.2, 0) is 20.9 Å². The minimum Gasteiger partial charge on any atom is -0.481 e. The van der Waals surface area contributed by atoms with Crippen molar-refractivity contribution in [3.63, 3.8) is 0 Å². The fourth-order valence-electron chi connectivity index (χ4n) is 1.87. The molecule has 2 aromatic rings. The highest BCUT2D eigenvalue weighted by Gasteiger charge is 2.19. The van der Waals surface area contributed by atoms with Crippen molar-refractivity contribution in [3.8, 4) is 0 Å². The molecule has 0 spiro atoms. The minimum atomic E-state index is -1.05. The number of carbonyl (C=O) groups excluding carboxylic acids is 2. The zero-order valence-electron chi connectivity index (χ0n) is 14.4. The van der Waals surface area contributed by atoms with Crippen molar-refractivity contribution in [2.24, 2.45) is 0 Å². The number of ether oxygens (including phenoxy) is 2. The molecule has 27 heavy (non-hydrogen) atoms. The van der Waals surface area contributed by atoms with Gasteiger partial charge in [0.25, 0.3) is 0 Å². The standard InChI is InChI=1S/C17H17N3O6S/c1-2-25-15(23)12-8-18-16(27-10-13(21)22)19-14(12)20-17(24)26-9-11-6-4-3-5-7-11/h3-8H,2,9-10H2,1H3,(H,21,22)(H,18,19,20,24). The van der Waals surface area contributed by atoms with Crippen molar-refractivity contribution in [1.82, 2.24) is 9.97 Å². The Kier molecular flexibility index (Phi) is 7.56. The quantitative estimate of drug-likeness (QED) is 0.396. The highest BCUT2D eigenvalue weighted by Crippen LogP contribution is 2.19. The highest BCUT2D eigenvalue weighted by atomic mass is 32.2. The van der Waals surface area contributed by atoms with E-state index in [0.717, 1.165) is 17.3 Å². The van der Waals surface area contributed by atoms with Crippen molar-refractivity contribution >= 4 is 35.6 Å². The number of rotatable bonds is 8. The molecule has 0 bridgehead atoms. The number of hydrogen-bond acceptors (Lipinski definition) is 8. The zero-order chi connectivity index (χ0) is 19.6. The van der Waals surface area contributed by atoms with Gasteiger partial charge in [0, 0.05) is 6.20 Å². The van der Waals surface area contributed by atoms with E-state index in [2.05, 4.69) is 15.3 Å². The molecule has 0 saturated heterocycles. The number of nitrogens with zero attached hydrogens (tertiary/aromatic N) is 2. The van der Waals surface area contributed by atoms with Crippen LogP contribution in [0.2, 0.25) is 0 Å². The number of carboxylic acid groups (broad SMARTS) is 1. The summed E-state index contributed by atoms with van der Waals surface area (Å²) in [5, 5.41) is 11.2. The third-order valence-corrected chi connectivity index (χ3v) is 3.87. The average Bonchev–Trinajstić information content (AvgIpc) is 2.66. The SMILES string of the molecule is CCOC(=O)c1cnc(SCC(=O)O)nc1NC(=O)OCc1ccccc1. The molecule has 0 unspecified atom stereocenters. The van der Waals surface area contributed by atoms with Gasteiger partial charge in [-0.2, -0.15) is 0 Å². The van der Waals surface area contributed by atoms with Gasteiger partial charge >= 0.3 is 18.0 Å². The number of carboxylic acids is 1. The number of hydrogen-bond donors (Lipinski definition) is 2. The van der Waals surface area contributed by atoms with E-state index in [4.69, 9.17) is 14.6 Å². The van der Waals surface area contributed by atoms with Gasteiger partial charge < -0.3 is 14.6 Å². The predicted octanol–water partition coefficient (Wildman–Crippen LogP) is 2.58. The molecule has 0 aliphatic rings. The summed E-state index contributed by atoms with van der Waals surface area (Å²) in [5.74, 6) is -2.15. The van der Waals surface area contributed by atoms with E-state index < -0.39 is 18.0 Å².